The van der Waals surface area contributed by atoms with E-state index in [-0.39, 0.29) is 11.4 Å². The molecular weight excluding hydrogens is 288 g/mol. The van der Waals surface area contributed by atoms with Gasteiger partial charge >= 0.3 is 0 Å². The summed E-state index contributed by atoms with van der Waals surface area (Å²) in [4.78, 5) is 7.12. The zero-order valence-corrected chi connectivity index (χ0v) is 12.8. The maximum atomic E-state index is 12.2. The van der Waals surface area contributed by atoms with Crippen molar-refractivity contribution in [2.45, 2.75) is 31.3 Å². The largest absolute Gasteiger partial charge is 0.347 e. The molecule has 0 spiro atoms. The van der Waals surface area contributed by atoms with Gasteiger partial charge in [-0.05, 0) is 30.7 Å². The molecular formula is C14H20N4O2S. The van der Waals surface area contributed by atoms with Crippen LogP contribution in [0.3, 0.4) is 0 Å². The Morgan fingerprint density at radius 3 is 2.86 bits per heavy atom. The van der Waals surface area contributed by atoms with Crippen LogP contribution in [0.5, 0.6) is 0 Å². The van der Waals surface area contributed by atoms with Gasteiger partial charge in [0.05, 0.1) is 11.4 Å². The highest BCUT2D eigenvalue weighted by Crippen LogP contribution is 2.11. The molecule has 7 heteroatoms. The number of nitrogens with zero attached hydrogens (tertiary/aromatic N) is 1. The van der Waals surface area contributed by atoms with Crippen LogP contribution in [0, 0.1) is 0 Å². The highest BCUT2D eigenvalue weighted by atomic mass is 32.2. The van der Waals surface area contributed by atoms with Gasteiger partial charge in [0.25, 0.3) is 0 Å². The van der Waals surface area contributed by atoms with Crippen LogP contribution in [0.2, 0.25) is 0 Å². The molecule has 0 atom stereocenters. The first-order valence-corrected chi connectivity index (χ1v) is 8.37. The topological polar surface area (TPSA) is 86.9 Å². The van der Waals surface area contributed by atoms with Crippen LogP contribution < -0.4 is 10.0 Å². The molecule has 114 valence electrons. The molecule has 3 N–H and O–H groups in total. The molecule has 0 aliphatic heterocycles. The molecule has 0 radical (unpaired) electrons. The Kier molecular flexibility index (Phi) is 5.49. The van der Waals surface area contributed by atoms with E-state index in [2.05, 4.69) is 26.9 Å². The van der Waals surface area contributed by atoms with E-state index in [4.69, 9.17) is 0 Å². The smallest absolute Gasteiger partial charge is 0.240 e. The molecule has 1 aromatic carbocycles. The van der Waals surface area contributed by atoms with E-state index in [9.17, 15) is 8.42 Å². The van der Waals surface area contributed by atoms with Crippen LogP contribution in [-0.2, 0) is 23.1 Å². The van der Waals surface area contributed by atoms with Crippen molar-refractivity contribution in [3.63, 3.8) is 0 Å². The number of sulfonamides is 1. The van der Waals surface area contributed by atoms with Crippen molar-refractivity contribution in [1.29, 1.82) is 0 Å². The summed E-state index contributed by atoms with van der Waals surface area (Å²) in [5.74, 6) is 0.583. The van der Waals surface area contributed by atoms with Gasteiger partial charge in [-0.25, -0.2) is 18.1 Å². The molecule has 0 fully saturated rings. The zero-order chi connectivity index (χ0) is 15.1. The van der Waals surface area contributed by atoms with E-state index in [0.717, 1.165) is 18.5 Å². The van der Waals surface area contributed by atoms with E-state index in [0.29, 0.717) is 12.4 Å². The summed E-state index contributed by atoms with van der Waals surface area (Å²) < 4.78 is 27.0. The highest BCUT2D eigenvalue weighted by Gasteiger charge is 2.14. The molecule has 0 amide bonds. The summed E-state index contributed by atoms with van der Waals surface area (Å²) in [6.45, 7) is 3.81. The number of imidazole rings is 1. The van der Waals surface area contributed by atoms with Crippen LogP contribution in [-0.4, -0.2) is 24.9 Å². The Hall–Kier alpha value is -1.70. The fourth-order valence-corrected chi connectivity index (χ4v) is 2.93. The molecule has 1 aromatic heterocycles. The summed E-state index contributed by atoms with van der Waals surface area (Å²) >= 11 is 0. The molecule has 2 aromatic rings. The SMILES string of the molecule is CCCNCc1cccc(S(=O)(=O)NCc2ncc[nH]2)c1. The van der Waals surface area contributed by atoms with Gasteiger partial charge < -0.3 is 10.3 Å². The number of hydrogen-bond donors (Lipinski definition) is 3. The molecule has 0 saturated carbocycles. The Morgan fingerprint density at radius 1 is 1.29 bits per heavy atom. The van der Waals surface area contributed by atoms with Crippen LogP contribution in [0.15, 0.2) is 41.6 Å². The number of H-pyrrole nitrogens is 1. The predicted molar refractivity (Wildman–Crippen MR) is 81.1 cm³/mol. The Morgan fingerprint density at radius 2 is 2.14 bits per heavy atom. The first-order valence-electron chi connectivity index (χ1n) is 6.89. The van der Waals surface area contributed by atoms with Crippen LogP contribution in [0.25, 0.3) is 0 Å². The Labute approximate surface area is 125 Å². The van der Waals surface area contributed by atoms with Gasteiger partial charge in [0.2, 0.25) is 10.0 Å². The third kappa shape index (κ3) is 4.66. The average Bonchev–Trinajstić information content (AvgIpc) is 2.99. The van der Waals surface area contributed by atoms with Crippen LogP contribution in [0.4, 0.5) is 0 Å². The number of aromatic nitrogens is 2. The first-order chi connectivity index (χ1) is 10.1. The summed E-state index contributed by atoms with van der Waals surface area (Å²) in [7, 11) is -3.53. The van der Waals surface area contributed by atoms with E-state index in [1.165, 1.54) is 0 Å². The molecule has 0 aliphatic carbocycles. The number of benzene rings is 1. The van der Waals surface area contributed by atoms with E-state index < -0.39 is 10.0 Å². The predicted octanol–water partition coefficient (Wildman–Crippen LogP) is 1.39. The molecule has 0 bridgehead atoms. The van der Waals surface area contributed by atoms with Gasteiger partial charge in [0.15, 0.2) is 0 Å². The zero-order valence-electron chi connectivity index (χ0n) is 12.0. The highest BCUT2D eigenvalue weighted by molar-refractivity contribution is 7.89. The van der Waals surface area contributed by atoms with Gasteiger partial charge in [0.1, 0.15) is 5.82 Å². The summed E-state index contributed by atoms with van der Waals surface area (Å²) in [6.07, 6.45) is 4.29. The summed E-state index contributed by atoms with van der Waals surface area (Å²) in [6, 6.07) is 6.94. The lowest BCUT2D eigenvalue weighted by molar-refractivity contribution is 0.579. The summed E-state index contributed by atoms with van der Waals surface area (Å²) in [5, 5.41) is 3.25. The van der Waals surface area contributed by atoms with E-state index >= 15 is 0 Å². The quantitative estimate of drug-likeness (QED) is 0.643. The van der Waals surface area contributed by atoms with Crippen molar-refractivity contribution in [3.05, 3.63) is 48.0 Å². The Balaban J connectivity index is 2.03. The number of hydrogen-bond acceptors (Lipinski definition) is 4. The normalized spacial score (nSPS) is 11.7. The molecule has 0 aliphatic rings. The van der Waals surface area contributed by atoms with Gasteiger partial charge in [-0.2, -0.15) is 0 Å². The molecule has 2 rings (SSSR count). The second-order valence-electron chi connectivity index (χ2n) is 4.68. The van der Waals surface area contributed by atoms with Gasteiger partial charge in [-0.3, -0.25) is 0 Å². The fourth-order valence-electron chi connectivity index (χ4n) is 1.87. The first kappa shape index (κ1) is 15.7. The lowest BCUT2D eigenvalue weighted by Gasteiger charge is -2.08. The van der Waals surface area contributed by atoms with Crippen molar-refractivity contribution < 1.29 is 8.42 Å². The molecule has 21 heavy (non-hydrogen) atoms. The van der Waals surface area contributed by atoms with Crippen molar-refractivity contribution in [1.82, 2.24) is 20.0 Å². The number of aromatic amines is 1. The summed E-state index contributed by atoms with van der Waals surface area (Å²) in [5.41, 5.74) is 0.948. The van der Waals surface area contributed by atoms with Gasteiger partial charge in [-0.1, -0.05) is 19.1 Å². The van der Waals surface area contributed by atoms with E-state index in [1.807, 2.05) is 6.07 Å². The molecule has 1 heterocycles. The molecule has 6 nitrogen and oxygen atoms in total. The van der Waals surface area contributed by atoms with Crippen molar-refractivity contribution >= 4 is 10.0 Å². The third-order valence-electron chi connectivity index (χ3n) is 2.95. The maximum absolute atomic E-state index is 12.2. The van der Waals surface area contributed by atoms with Crippen LogP contribution >= 0.6 is 0 Å². The second kappa shape index (κ2) is 7.35. The standard InChI is InChI=1S/C14H20N4O2S/c1-2-6-15-10-12-4-3-5-13(9-12)21(19,20)18-11-14-16-7-8-17-14/h3-5,7-9,15,18H,2,6,10-11H2,1H3,(H,16,17). The van der Waals surface area contributed by atoms with E-state index in [1.54, 1.807) is 30.6 Å². The molecule has 0 saturated heterocycles. The van der Waals surface area contributed by atoms with Crippen molar-refractivity contribution in [3.8, 4) is 0 Å². The van der Waals surface area contributed by atoms with Crippen LogP contribution in [0.1, 0.15) is 24.7 Å². The number of rotatable bonds is 8. The Bertz CT molecular complexity index is 653. The average molecular weight is 308 g/mol. The minimum Gasteiger partial charge on any atom is -0.347 e. The minimum absolute atomic E-state index is 0.146. The monoisotopic (exact) mass is 308 g/mol. The lowest BCUT2D eigenvalue weighted by Crippen LogP contribution is -2.24. The fraction of sp³-hybridized carbons (Fsp3) is 0.357. The molecule has 0 unspecified atom stereocenters. The van der Waals surface area contributed by atoms with Crippen molar-refractivity contribution in [2.24, 2.45) is 0 Å². The second-order valence-corrected chi connectivity index (χ2v) is 6.45. The maximum Gasteiger partial charge on any atom is 0.240 e. The lowest BCUT2D eigenvalue weighted by atomic mass is 10.2. The minimum atomic E-state index is -3.53. The van der Waals surface area contributed by atoms with Gasteiger partial charge in [0, 0.05) is 18.9 Å². The van der Waals surface area contributed by atoms with Gasteiger partial charge in [-0.15, -0.1) is 0 Å². The van der Waals surface area contributed by atoms with Crippen molar-refractivity contribution in [2.75, 3.05) is 6.54 Å². The third-order valence-corrected chi connectivity index (χ3v) is 4.35. The number of nitrogens with one attached hydrogen (secondary N) is 3.